The monoisotopic (exact) mass is 338 g/mol. The highest BCUT2D eigenvalue weighted by atomic mass is 32.2. The highest BCUT2D eigenvalue weighted by Gasteiger charge is 2.13. The number of hydrogen-bond acceptors (Lipinski definition) is 4. The molecule has 0 spiro atoms. The fraction of sp³-hybridized carbons (Fsp3) is 0.200. The van der Waals surface area contributed by atoms with E-state index >= 15 is 0 Å². The molecule has 0 atom stereocenters. The Bertz CT molecular complexity index is 656. The smallest absolute Gasteiger partial charge is 0.254 e. The third-order valence-corrected chi connectivity index (χ3v) is 4.64. The lowest BCUT2D eigenvalue weighted by atomic mass is 10.3. The molecule has 0 saturated carbocycles. The van der Waals surface area contributed by atoms with Gasteiger partial charge < -0.3 is 10.6 Å². The van der Waals surface area contributed by atoms with Crippen LogP contribution in [0, 0.1) is 5.82 Å². The molecule has 2 N–H and O–H groups in total. The second-order valence-corrected chi connectivity index (χ2v) is 6.43. The van der Waals surface area contributed by atoms with Gasteiger partial charge in [0, 0.05) is 24.1 Å². The van der Waals surface area contributed by atoms with E-state index in [4.69, 9.17) is 0 Å². The maximum atomic E-state index is 12.8. The van der Waals surface area contributed by atoms with E-state index < -0.39 is 0 Å². The van der Waals surface area contributed by atoms with E-state index in [-0.39, 0.29) is 17.6 Å². The second-order valence-electron chi connectivity index (χ2n) is 4.34. The van der Waals surface area contributed by atoms with Gasteiger partial charge in [-0.15, -0.1) is 23.1 Å². The van der Waals surface area contributed by atoms with Gasteiger partial charge in [0.05, 0.1) is 5.56 Å². The Labute approximate surface area is 136 Å². The molecule has 2 aromatic rings. The summed E-state index contributed by atoms with van der Waals surface area (Å²) in [4.78, 5) is 24.4. The van der Waals surface area contributed by atoms with Gasteiger partial charge in [-0.2, -0.15) is 0 Å². The van der Waals surface area contributed by atoms with Crippen molar-refractivity contribution in [2.24, 2.45) is 0 Å². The van der Waals surface area contributed by atoms with Gasteiger partial charge >= 0.3 is 0 Å². The van der Waals surface area contributed by atoms with Gasteiger partial charge in [-0.05, 0) is 35.7 Å². The van der Waals surface area contributed by atoms with Gasteiger partial charge in [-0.1, -0.05) is 0 Å². The number of amides is 2. The summed E-state index contributed by atoms with van der Waals surface area (Å²) in [6.45, 7) is 0. The van der Waals surface area contributed by atoms with E-state index in [9.17, 15) is 14.0 Å². The molecule has 4 nitrogen and oxygen atoms in total. The maximum Gasteiger partial charge on any atom is 0.254 e. The highest BCUT2D eigenvalue weighted by molar-refractivity contribution is 7.99. The lowest BCUT2D eigenvalue weighted by molar-refractivity contribution is -0.115. The predicted octanol–water partition coefficient (Wildman–Crippen LogP) is 3.37. The zero-order chi connectivity index (χ0) is 15.9. The van der Waals surface area contributed by atoms with E-state index in [1.807, 2.05) is 0 Å². The van der Waals surface area contributed by atoms with Crippen LogP contribution in [0.3, 0.4) is 0 Å². The first-order valence-electron chi connectivity index (χ1n) is 6.58. The molecule has 2 amide bonds. The van der Waals surface area contributed by atoms with Gasteiger partial charge in [0.1, 0.15) is 10.8 Å². The van der Waals surface area contributed by atoms with Gasteiger partial charge in [-0.25, -0.2) is 4.39 Å². The van der Waals surface area contributed by atoms with Crippen molar-refractivity contribution in [2.45, 2.75) is 11.3 Å². The third-order valence-electron chi connectivity index (χ3n) is 2.80. The minimum atomic E-state index is -0.276. The van der Waals surface area contributed by atoms with Crippen molar-refractivity contribution in [3.63, 3.8) is 0 Å². The molecule has 0 unspecified atom stereocenters. The summed E-state index contributed by atoms with van der Waals surface area (Å²) in [6.07, 6.45) is 0.313. The molecular formula is C15H15FN2O2S2. The molecule has 0 fully saturated rings. The van der Waals surface area contributed by atoms with Crippen molar-refractivity contribution in [1.29, 1.82) is 0 Å². The lowest BCUT2D eigenvalue weighted by Crippen LogP contribution is -2.20. The van der Waals surface area contributed by atoms with Crippen LogP contribution >= 0.6 is 23.1 Å². The van der Waals surface area contributed by atoms with Crippen LogP contribution in [-0.2, 0) is 4.79 Å². The Balaban J connectivity index is 1.82. The first-order chi connectivity index (χ1) is 10.6. The fourth-order valence-corrected chi connectivity index (χ4v) is 3.35. The molecule has 0 bridgehead atoms. The van der Waals surface area contributed by atoms with Crippen LogP contribution in [0.25, 0.3) is 0 Å². The summed E-state index contributed by atoms with van der Waals surface area (Å²) >= 11 is 2.79. The Kier molecular flexibility index (Phi) is 5.97. The molecule has 1 heterocycles. The largest absolute Gasteiger partial charge is 0.355 e. The minimum Gasteiger partial charge on any atom is -0.355 e. The van der Waals surface area contributed by atoms with Crippen molar-refractivity contribution in [1.82, 2.24) is 5.32 Å². The van der Waals surface area contributed by atoms with E-state index in [0.29, 0.717) is 22.7 Å². The molecule has 0 saturated heterocycles. The normalized spacial score (nSPS) is 10.3. The summed E-state index contributed by atoms with van der Waals surface area (Å²) in [6, 6.07) is 7.82. The molecule has 1 aromatic carbocycles. The fourth-order valence-electron chi connectivity index (χ4n) is 1.70. The number of carbonyl (C=O) groups is 2. The van der Waals surface area contributed by atoms with E-state index in [0.717, 1.165) is 4.90 Å². The number of thiophene rings is 1. The predicted molar refractivity (Wildman–Crippen MR) is 88.1 cm³/mol. The van der Waals surface area contributed by atoms with Gasteiger partial charge in [0.2, 0.25) is 5.91 Å². The van der Waals surface area contributed by atoms with Crippen LogP contribution in [0.1, 0.15) is 16.8 Å². The SMILES string of the molecule is CNC(=O)c1ccsc1NC(=O)CCSc1ccc(F)cc1. The molecule has 116 valence electrons. The zero-order valence-electron chi connectivity index (χ0n) is 11.9. The third kappa shape index (κ3) is 4.57. The summed E-state index contributed by atoms with van der Waals surface area (Å²) in [7, 11) is 1.55. The summed E-state index contributed by atoms with van der Waals surface area (Å²) < 4.78 is 12.8. The maximum absolute atomic E-state index is 12.8. The number of rotatable bonds is 6. The van der Waals surface area contributed by atoms with Gasteiger partial charge in [0.15, 0.2) is 0 Å². The number of halogens is 1. The summed E-state index contributed by atoms with van der Waals surface area (Å²) in [5, 5.41) is 7.59. The molecule has 1 aromatic heterocycles. The Hall–Kier alpha value is -1.86. The first-order valence-corrected chi connectivity index (χ1v) is 8.44. The number of anilines is 1. The minimum absolute atomic E-state index is 0.151. The molecule has 0 radical (unpaired) electrons. The van der Waals surface area contributed by atoms with Gasteiger partial charge in [-0.3, -0.25) is 9.59 Å². The Morgan fingerprint density at radius 1 is 1.23 bits per heavy atom. The highest BCUT2D eigenvalue weighted by Crippen LogP contribution is 2.24. The van der Waals surface area contributed by atoms with Crippen LogP contribution < -0.4 is 10.6 Å². The number of benzene rings is 1. The zero-order valence-corrected chi connectivity index (χ0v) is 13.5. The molecule has 7 heteroatoms. The Morgan fingerprint density at radius 2 is 1.95 bits per heavy atom. The summed E-state index contributed by atoms with van der Waals surface area (Å²) in [5.41, 5.74) is 0.465. The van der Waals surface area contributed by atoms with E-state index in [2.05, 4.69) is 10.6 Å². The van der Waals surface area contributed by atoms with E-state index in [1.165, 1.54) is 35.2 Å². The quantitative estimate of drug-likeness (QED) is 0.794. The van der Waals surface area contributed by atoms with Crippen LogP contribution in [0.4, 0.5) is 9.39 Å². The van der Waals surface area contributed by atoms with E-state index in [1.54, 1.807) is 30.6 Å². The molecule has 0 aliphatic carbocycles. The van der Waals surface area contributed by atoms with Gasteiger partial charge in [0.25, 0.3) is 5.91 Å². The molecule has 0 aliphatic rings. The van der Waals surface area contributed by atoms with Crippen molar-refractivity contribution >= 4 is 39.9 Å². The average molecular weight is 338 g/mol. The standard InChI is InChI=1S/C15H15FN2O2S2/c1-17-14(20)12-6-8-22-15(12)18-13(19)7-9-21-11-4-2-10(16)3-5-11/h2-6,8H,7,9H2,1H3,(H,17,20)(H,18,19). The topological polar surface area (TPSA) is 58.2 Å². The molecule has 2 rings (SSSR count). The molecular weight excluding hydrogens is 323 g/mol. The van der Waals surface area contributed by atoms with Crippen molar-refractivity contribution in [2.75, 3.05) is 18.1 Å². The second kappa shape index (κ2) is 7.95. The average Bonchev–Trinajstić information content (AvgIpc) is 2.96. The number of hydrogen-bond donors (Lipinski definition) is 2. The van der Waals surface area contributed by atoms with Crippen molar-refractivity contribution in [3.05, 3.63) is 47.1 Å². The van der Waals surface area contributed by atoms with Crippen molar-refractivity contribution < 1.29 is 14.0 Å². The lowest BCUT2D eigenvalue weighted by Gasteiger charge is -2.06. The molecule has 22 heavy (non-hydrogen) atoms. The first kappa shape index (κ1) is 16.5. The number of nitrogens with one attached hydrogen (secondary N) is 2. The van der Waals surface area contributed by atoms with Crippen LogP contribution in [-0.4, -0.2) is 24.6 Å². The number of thioether (sulfide) groups is 1. The van der Waals surface area contributed by atoms with Crippen LogP contribution in [0.5, 0.6) is 0 Å². The number of carbonyl (C=O) groups excluding carboxylic acids is 2. The molecule has 0 aliphatic heterocycles. The van der Waals surface area contributed by atoms with Crippen LogP contribution in [0.2, 0.25) is 0 Å². The summed E-state index contributed by atoms with van der Waals surface area (Å²) in [5.74, 6) is -0.0704. The van der Waals surface area contributed by atoms with Crippen molar-refractivity contribution in [3.8, 4) is 0 Å². The Morgan fingerprint density at radius 3 is 2.64 bits per heavy atom. The van der Waals surface area contributed by atoms with Crippen LogP contribution in [0.15, 0.2) is 40.6 Å².